The second-order valence-electron chi connectivity index (χ2n) is 5.19. The van der Waals surface area contributed by atoms with Gasteiger partial charge in [0.15, 0.2) is 0 Å². The van der Waals surface area contributed by atoms with Crippen LogP contribution in [0.2, 0.25) is 0 Å². The molecule has 6 heteroatoms. The topological polar surface area (TPSA) is 89.3 Å². The maximum Gasteiger partial charge on any atom is 0.252 e. The average molecular weight is 298 g/mol. The van der Waals surface area contributed by atoms with Crippen molar-refractivity contribution in [2.24, 2.45) is 11.1 Å². The van der Waals surface area contributed by atoms with Gasteiger partial charge in [0.25, 0.3) is 5.91 Å². The quantitative estimate of drug-likeness (QED) is 0.868. The lowest BCUT2D eigenvalue weighted by Crippen LogP contribution is -2.37. The van der Waals surface area contributed by atoms with Crippen LogP contribution in [0.4, 0.5) is 0 Å². The lowest BCUT2D eigenvalue weighted by molar-refractivity contribution is 0.0924. The molecule has 0 aliphatic carbocycles. The summed E-state index contributed by atoms with van der Waals surface area (Å²) < 4.78 is 23.1. The molecule has 112 valence electrons. The average Bonchev–Trinajstić information content (AvgIpc) is 2.35. The minimum Gasteiger partial charge on any atom is -0.349 e. The highest BCUT2D eigenvalue weighted by atomic mass is 32.2. The van der Waals surface area contributed by atoms with E-state index in [4.69, 9.17) is 5.14 Å². The summed E-state index contributed by atoms with van der Waals surface area (Å²) in [5.41, 5.74) is 0.904. The summed E-state index contributed by atoms with van der Waals surface area (Å²) in [6.07, 6.45) is 0.928. The van der Waals surface area contributed by atoms with Crippen LogP contribution < -0.4 is 10.5 Å². The summed E-state index contributed by atoms with van der Waals surface area (Å²) >= 11 is 0. The number of benzene rings is 1. The predicted octanol–water partition coefficient (Wildman–Crippen LogP) is 1.81. The van der Waals surface area contributed by atoms with Crippen molar-refractivity contribution in [3.05, 3.63) is 29.3 Å². The zero-order chi connectivity index (χ0) is 15.5. The number of aryl methyl sites for hydroxylation is 1. The van der Waals surface area contributed by atoms with Crippen LogP contribution in [-0.4, -0.2) is 20.4 Å². The Hall–Kier alpha value is -1.40. The van der Waals surface area contributed by atoms with E-state index in [2.05, 4.69) is 5.32 Å². The number of carbonyl (C=O) groups is 1. The van der Waals surface area contributed by atoms with Crippen molar-refractivity contribution < 1.29 is 13.2 Å². The number of hydrogen-bond acceptors (Lipinski definition) is 3. The molecule has 5 nitrogen and oxygen atoms in total. The summed E-state index contributed by atoms with van der Waals surface area (Å²) in [7, 11) is -3.92. The Bertz CT molecular complexity index is 596. The molecule has 0 saturated carbocycles. The van der Waals surface area contributed by atoms with Gasteiger partial charge in [0, 0.05) is 6.04 Å². The van der Waals surface area contributed by atoms with E-state index in [1.807, 2.05) is 20.8 Å². The summed E-state index contributed by atoms with van der Waals surface area (Å²) in [6, 6.07) is 4.49. The molecule has 2 unspecified atom stereocenters. The summed E-state index contributed by atoms with van der Waals surface area (Å²) in [5.74, 6) is -0.104. The lowest BCUT2D eigenvalue weighted by atomic mass is 10.0. The Labute approximate surface area is 120 Å². The Morgan fingerprint density at radius 2 is 1.95 bits per heavy atom. The van der Waals surface area contributed by atoms with Crippen LogP contribution in [0.1, 0.15) is 43.1 Å². The van der Waals surface area contributed by atoms with E-state index in [0.29, 0.717) is 5.92 Å². The molecular formula is C14H22N2O3S. The molecule has 3 N–H and O–H groups in total. The zero-order valence-electron chi connectivity index (χ0n) is 12.3. The highest BCUT2D eigenvalue weighted by Gasteiger charge is 2.21. The van der Waals surface area contributed by atoms with E-state index >= 15 is 0 Å². The molecule has 1 aromatic rings. The first kappa shape index (κ1) is 16.7. The molecular weight excluding hydrogens is 276 g/mol. The maximum atomic E-state index is 12.3. The van der Waals surface area contributed by atoms with Crippen molar-refractivity contribution in [1.82, 2.24) is 5.32 Å². The molecule has 0 bridgehead atoms. The summed E-state index contributed by atoms with van der Waals surface area (Å²) in [6.45, 7) is 7.76. The fourth-order valence-corrected chi connectivity index (χ4v) is 2.57. The highest BCUT2D eigenvalue weighted by molar-refractivity contribution is 7.89. The molecule has 0 spiro atoms. The first-order valence-corrected chi connectivity index (χ1v) is 8.15. The van der Waals surface area contributed by atoms with Crippen molar-refractivity contribution in [3.63, 3.8) is 0 Å². The van der Waals surface area contributed by atoms with Gasteiger partial charge in [-0.1, -0.05) is 31.9 Å². The summed E-state index contributed by atoms with van der Waals surface area (Å²) in [4.78, 5) is 12.1. The maximum absolute atomic E-state index is 12.3. The second kappa shape index (κ2) is 6.37. The normalized spacial score (nSPS) is 14.7. The van der Waals surface area contributed by atoms with Crippen molar-refractivity contribution in [3.8, 4) is 0 Å². The van der Waals surface area contributed by atoms with E-state index < -0.39 is 15.9 Å². The Balaban J connectivity index is 3.13. The van der Waals surface area contributed by atoms with Gasteiger partial charge in [-0.15, -0.1) is 0 Å². The molecule has 1 aromatic carbocycles. The van der Waals surface area contributed by atoms with Gasteiger partial charge in [0.1, 0.15) is 0 Å². The first-order chi connectivity index (χ1) is 9.16. The standard InChI is InChI=1S/C14H22N2O3S/c1-5-10(3)11(4)16-14(17)12-8-9(2)6-7-13(12)20(15,18)19/h6-8,10-11H,5H2,1-4H3,(H,16,17)(H2,15,18,19). The molecule has 1 amide bonds. The van der Waals surface area contributed by atoms with Crippen LogP contribution in [0.3, 0.4) is 0 Å². The molecule has 0 aliphatic heterocycles. The highest BCUT2D eigenvalue weighted by Crippen LogP contribution is 2.17. The fourth-order valence-electron chi connectivity index (χ4n) is 1.85. The van der Waals surface area contributed by atoms with E-state index in [1.54, 1.807) is 19.1 Å². The molecule has 0 aliphatic rings. The van der Waals surface area contributed by atoms with Crippen molar-refractivity contribution in [1.29, 1.82) is 0 Å². The number of hydrogen-bond donors (Lipinski definition) is 2. The SMILES string of the molecule is CCC(C)C(C)NC(=O)c1cc(C)ccc1S(N)(=O)=O. The van der Waals surface area contributed by atoms with Crippen LogP contribution in [0, 0.1) is 12.8 Å². The number of primary sulfonamides is 1. The van der Waals surface area contributed by atoms with E-state index in [9.17, 15) is 13.2 Å². The number of nitrogens with two attached hydrogens (primary N) is 1. The first-order valence-electron chi connectivity index (χ1n) is 6.61. The van der Waals surface area contributed by atoms with Crippen LogP contribution in [0.15, 0.2) is 23.1 Å². The third-order valence-electron chi connectivity index (χ3n) is 3.54. The molecule has 2 atom stereocenters. The van der Waals surface area contributed by atoms with Gasteiger partial charge < -0.3 is 5.32 Å². The largest absolute Gasteiger partial charge is 0.349 e. The Kier molecular flexibility index (Phi) is 5.30. The molecule has 0 radical (unpaired) electrons. The van der Waals surface area contributed by atoms with Crippen LogP contribution >= 0.6 is 0 Å². The molecule has 0 fully saturated rings. The van der Waals surface area contributed by atoms with Gasteiger partial charge in [0.05, 0.1) is 10.5 Å². The minimum atomic E-state index is -3.92. The monoisotopic (exact) mass is 298 g/mol. The summed E-state index contributed by atoms with van der Waals surface area (Å²) in [5, 5.41) is 7.98. The van der Waals surface area contributed by atoms with Gasteiger partial charge in [-0.2, -0.15) is 0 Å². The van der Waals surface area contributed by atoms with Crippen LogP contribution in [0.25, 0.3) is 0 Å². The lowest BCUT2D eigenvalue weighted by Gasteiger charge is -2.20. The van der Waals surface area contributed by atoms with Gasteiger partial charge in [-0.3, -0.25) is 4.79 Å². The third-order valence-corrected chi connectivity index (χ3v) is 4.51. The van der Waals surface area contributed by atoms with E-state index in [-0.39, 0.29) is 16.5 Å². The Morgan fingerprint density at radius 1 is 1.35 bits per heavy atom. The smallest absolute Gasteiger partial charge is 0.252 e. The second-order valence-corrected chi connectivity index (χ2v) is 6.72. The van der Waals surface area contributed by atoms with Crippen LogP contribution in [0.5, 0.6) is 0 Å². The van der Waals surface area contributed by atoms with Crippen molar-refractivity contribution in [2.45, 2.75) is 45.1 Å². The number of amides is 1. The van der Waals surface area contributed by atoms with Crippen molar-refractivity contribution >= 4 is 15.9 Å². The van der Waals surface area contributed by atoms with Gasteiger partial charge in [0.2, 0.25) is 10.0 Å². The number of sulfonamides is 1. The predicted molar refractivity (Wildman–Crippen MR) is 78.9 cm³/mol. The fraction of sp³-hybridized carbons (Fsp3) is 0.500. The van der Waals surface area contributed by atoms with Crippen LogP contribution in [-0.2, 0) is 10.0 Å². The van der Waals surface area contributed by atoms with Gasteiger partial charge >= 0.3 is 0 Å². The Morgan fingerprint density at radius 3 is 2.45 bits per heavy atom. The number of nitrogens with one attached hydrogen (secondary N) is 1. The number of rotatable bonds is 5. The molecule has 0 heterocycles. The molecule has 20 heavy (non-hydrogen) atoms. The number of carbonyl (C=O) groups excluding carboxylic acids is 1. The van der Waals surface area contributed by atoms with E-state index in [0.717, 1.165) is 12.0 Å². The zero-order valence-corrected chi connectivity index (χ0v) is 13.1. The molecule has 0 aromatic heterocycles. The van der Waals surface area contributed by atoms with E-state index in [1.165, 1.54) is 6.07 Å². The van der Waals surface area contributed by atoms with Crippen molar-refractivity contribution in [2.75, 3.05) is 0 Å². The molecule has 1 rings (SSSR count). The van der Waals surface area contributed by atoms with Gasteiger partial charge in [-0.05, 0) is 31.9 Å². The molecule has 0 saturated heterocycles. The third kappa shape index (κ3) is 4.05. The minimum absolute atomic E-state index is 0.0404. The van der Waals surface area contributed by atoms with Gasteiger partial charge in [-0.25, -0.2) is 13.6 Å².